The summed E-state index contributed by atoms with van der Waals surface area (Å²) in [7, 11) is 0. The predicted octanol–water partition coefficient (Wildman–Crippen LogP) is 4.22. The van der Waals surface area contributed by atoms with Crippen LogP contribution in [0.3, 0.4) is 0 Å². The van der Waals surface area contributed by atoms with Gasteiger partial charge in [0, 0.05) is 5.56 Å². The molecule has 0 aliphatic carbocycles. The minimum Gasteiger partial charge on any atom is -0.492 e. The summed E-state index contributed by atoms with van der Waals surface area (Å²) in [5, 5.41) is 0. The fourth-order valence-corrected chi connectivity index (χ4v) is 1.80. The zero-order chi connectivity index (χ0) is 10.6. The van der Waals surface area contributed by atoms with Crippen LogP contribution in [-0.4, -0.2) is 6.61 Å². The Hall–Kier alpha value is -0.210. The highest BCUT2D eigenvalue weighted by atomic mass is 79.9. The molecule has 0 spiro atoms. The third-order valence-electron chi connectivity index (χ3n) is 1.75. The van der Waals surface area contributed by atoms with E-state index >= 15 is 0 Å². The highest BCUT2D eigenvalue weighted by Gasteiger charge is 2.07. The molecule has 0 atom stereocenters. The number of ether oxygens (including phenoxy) is 1. The Morgan fingerprint density at radius 1 is 1.43 bits per heavy atom. The monoisotopic (exact) mass is 276 g/mol. The number of alkyl halides is 1. The van der Waals surface area contributed by atoms with Gasteiger partial charge in [-0.1, -0.05) is 26.0 Å². The van der Waals surface area contributed by atoms with E-state index < -0.39 is 0 Å². The van der Waals surface area contributed by atoms with Crippen LogP contribution in [0.4, 0.5) is 0 Å². The first-order chi connectivity index (χ1) is 6.65. The fraction of sp³-hybridized carbons (Fsp3) is 0.455. The molecule has 0 N–H and O–H groups in total. The first-order valence-electron chi connectivity index (χ1n) is 4.61. The topological polar surface area (TPSA) is 9.23 Å². The van der Waals surface area contributed by atoms with Gasteiger partial charge in [0.2, 0.25) is 0 Å². The SMILES string of the molecule is CC(C)COc1c(Br)cccc1CCl. The number of hydrogen-bond acceptors (Lipinski definition) is 1. The van der Waals surface area contributed by atoms with Crippen molar-refractivity contribution in [3.63, 3.8) is 0 Å². The van der Waals surface area contributed by atoms with Gasteiger partial charge in [-0.15, -0.1) is 11.6 Å². The van der Waals surface area contributed by atoms with E-state index in [0.29, 0.717) is 18.4 Å². The van der Waals surface area contributed by atoms with Gasteiger partial charge in [-0.05, 0) is 27.9 Å². The van der Waals surface area contributed by atoms with E-state index in [4.69, 9.17) is 16.3 Å². The lowest BCUT2D eigenvalue weighted by molar-refractivity contribution is 0.267. The van der Waals surface area contributed by atoms with Crippen molar-refractivity contribution in [1.29, 1.82) is 0 Å². The lowest BCUT2D eigenvalue weighted by Crippen LogP contribution is -2.06. The molecular formula is C11H14BrClO. The summed E-state index contributed by atoms with van der Waals surface area (Å²) in [4.78, 5) is 0. The first kappa shape index (κ1) is 11.9. The van der Waals surface area contributed by atoms with Crippen LogP contribution in [0.1, 0.15) is 19.4 Å². The van der Waals surface area contributed by atoms with Crippen LogP contribution in [0.25, 0.3) is 0 Å². The van der Waals surface area contributed by atoms with Crippen molar-refractivity contribution in [3.8, 4) is 5.75 Å². The minimum atomic E-state index is 0.479. The highest BCUT2D eigenvalue weighted by Crippen LogP contribution is 2.30. The Morgan fingerprint density at radius 2 is 2.14 bits per heavy atom. The van der Waals surface area contributed by atoms with Gasteiger partial charge in [0.15, 0.2) is 0 Å². The summed E-state index contributed by atoms with van der Waals surface area (Å²) >= 11 is 9.27. The molecule has 0 aliphatic rings. The zero-order valence-electron chi connectivity index (χ0n) is 8.39. The van der Waals surface area contributed by atoms with Crippen molar-refractivity contribution in [2.75, 3.05) is 6.61 Å². The largest absolute Gasteiger partial charge is 0.492 e. The molecule has 1 nitrogen and oxygen atoms in total. The second-order valence-electron chi connectivity index (χ2n) is 3.57. The van der Waals surface area contributed by atoms with Gasteiger partial charge < -0.3 is 4.74 Å². The molecule has 1 aromatic carbocycles. The van der Waals surface area contributed by atoms with E-state index in [0.717, 1.165) is 15.8 Å². The van der Waals surface area contributed by atoms with Gasteiger partial charge in [0.25, 0.3) is 0 Å². The Balaban J connectivity index is 2.82. The molecule has 0 amide bonds. The number of rotatable bonds is 4. The van der Waals surface area contributed by atoms with Crippen LogP contribution >= 0.6 is 27.5 Å². The van der Waals surface area contributed by atoms with E-state index in [-0.39, 0.29) is 0 Å². The summed E-state index contributed by atoms with van der Waals surface area (Å²) in [5.74, 6) is 1.87. The molecule has 0 fully saturated rings. The second-order valence-corrected chi connectivity index (χ2v) is 4.69. The molecule has 0 heterocycles. The Kier molecular flexibility index (Phi) is 4.76. The van der Waals surface area contributed by atoms with E-state index in [1.54, 1.807) is 0 Å². The van der Waals surface area contributed by atoms with Crippen molar-refractivity contribution in [1.82, 2.24) is 0 Å². The first-order valence-corrected chi connectivity index (χ1v) is 5.94. The van der Waals surface area contributed by atoms with Gasteiger partial charge in [0.1, 0.15) is 5.75 Å². The second kappa shape index (κ2) is 5.62. The maximum Gasteiger partial charge on any atom is 0.137 e. The highest BCUT2D eigenvalue weighted by molar-refractivity contribution is 9.10. The Morgan fingerprint density at radius 3 is 2.71 bits per heavy atom. The molecule has 3 heteroatoms. The molecule has 0 bridgehead atoms. The van der Waals surface area contributed by atoms with Crippen LogP contribution in [-0.2, 0) is 5.88 Å². The zero-order valence-corrected chi connectivity index (χ0v) is 10.7. The van der Waals surface area contributed by atoms with Crippen molar-refractivity contribution >= 4 is 27.5 Å². The average molecular weight is 278 g/mol. The number of hydrogen-bond donors (Lipinski definition) is 0. The summed E-state index contributed by atoms with van der Waals surface area (Å²) in [6.07, 6.45) is 0. The molecule has 14 heavy (non-hydrogen) atoms. The molecule has 0 unspecified atom stereocenters. The standard InChI is InChI=1S/C11H14BrClO/c1-8(2)7-14-11-9(6-13)4-3-5-10(11)12/h3-5,8H,6-7H2,1-2H3. The van der Waals surface area contributed by atoms with Gasteiger partial charge >= 0.3 is 0 Å². The third kappa shape index (κ3) is 3.18. The predicted molar refractivity (Wildman–Crippen MR) is 64.0 cm³/mol. The molecule has 0 aliphatic heterocycles. The lowest BCUT2D eigenvalue weighted by atomic mass is 10.2. The average Bonchev–Trinajstić information content (AvgIpc) is 2.15. The van der Waals surface area contributed by atoms with Crippen LogP contribution < -0.4 is 4.74 Å². The molecule has 0 saturated carbocycles. The van der Waals surface area contributed by atoms with Gasteiger partial charge in [-0.25, -0.2) is 0 Å². The van der Waals surface area contributed by atoms with E-state index in [9.17, 15) is 0 Å². The molecule has 78 valence electrons. The fourth-order valence-electron chi connectivity index (χ4n) is 1.07. The van der Waals surface area contributed by atoms with Crippen LogP contribution in [0.5, 0.6) is 5.75 Å². The molecule has 1 rings (SSSR count). The molecule has 0 saturated heterocycles. The van der Waals surface area contributed by atoms with E-state index in [1.165, 1.54) is 0 Å². The van der Waals surface area contributed by atoms with Crippen LogP contribution in [0, 0.1) is 5.92 Å². The maximum absolute atomic E-state index is 5.82. The maximum atomic E-state index is 5.82. The van der Waals surface area contributed by atoms with Crippen molar-refractivity contribution in [3.05, 3.63) is 28.2 Å². The molecule has 0 aromatic heterocycles. The van der Waals surface area contributed by atoms with Gasteiger partial charge in [-0.3, -0.25) is 0 Å². The number of benzene rings is 1. The number of para-hydroxylation sites is 1. The molecular weight excluding hydrogens is 263 g/mol. The van der Waals surface area contributed by atoms with E-state index in [1.807, 2.05) is 18.2 Å². The Labute approximate surface area is 98.5 Å². The van der Waals surface area contributed by atoms with E-state index in [2.05, 4.69) is 29.8 Å². The molecule has 0 radical (unpaired) electrons. The minimum absolute atomic E-state index is 0.479. The Bertz CT molecular complexity index is 299. The lowest BCUT2D eigenvalue weighted by Gasteiger charge is -2.13. The molecule has 1 aromatic rings. The summed E-state index contributed by atoms with van der Waals surface area (Å²) in [6.45, 7) is 4.96. The van der Waals surface area contributed by atoms with Crippen molar-refractivity contribution in [2.45, 2.75) is 19.7 Å². The smallest absolute Gasteiger partial charge is 0.137 e. The van der Waals surface area contributed by atoms with Gasteiger partial charge in [0.05, 0.1) is 17.0 Å². The van der Waals surface area contributed by atoms with Gasteiger partial charge in [-0.2, -0.15) is 0 Å². The van der Waals surface area contributed by atoms with Crippen molar-refractivity contribution < 1.29 is 4.74 Å². The summed E-state index contributed by atoms with van der Waals surface area (Å²) in [5.41, 5.74) is 1.03. The third-order valence-corrected chi connectivity index (χ3v) is 2.67. The van der Waals surface area contributed by atoms with Crippen LogP contribution in [0.15, 0.2) is 22.7 Å². The summed E-state index contributed by atoms with van der Waals surface area (Å²) in [6, 6.07) is 5.91. The van der Waals surface area contributed by atoms with Crippen molar-refractivity contribution in [2.24, 2.45) is 5.92 Å². The van der Waals surface area contributed by atoms with Crippen LogP contribution in [0.2, 0.25) is 0 Å². The number of halogens is 2. The summed E-state index contributed by atoms with van der Waals surface area (Å²) < 4.78 is 6.66. The quantitative estimate of drug-likeness (QED) is 0.749. The normalized spacial score (nSPS) is 10.6.